The van der Waals surface area contributed by atoms with Crippen molar-refractivity contribution in [1.82, 2.24) is 10.6 Å². The first-order chi connectivity index (χ1) is 8.77. The Morgan fingerprint density at radius 2 is 1.42 bits per heavy atom. The van der Waals surface area contributed by atoms with Gasteiger partial charge in [-0.15, -0.1) is 0 Å². The molecule has 0 aromatic carbocycles. The van der Waals surface area contributed by atoms with Crippen molar-refractivity contribution in [3.8, 4) is 0 Å². The predicted octanol–water partition coefficient (Wildman–Crippen LogP) is -0.533. The van der Waals surface area contributed by atoms with Gasteiger partial charge in [0, 0.05) is 6.42 Å². The standard InChI is InChI=1S/C10H16N2O7/c1-2-5(8(15)16)11-10(19)12-6(9(17)18)3-4-7(13)14/h5-6H,2-4H2,1H3,(H,13,14)(H,15,16)(H,17,18)(H2,11,12,19)/t5-,6?/m0/s1. The summed E-state index contributed by atoms with van der Waals surface area (Å²) in [5.41, 5.74) is 0. The molecule has 0 aliphatic carbocycles. The second kappa shape index (κ2) is 7.90. The van der Waals surface area contributed by atoms with Gasteiger partial charge in [0.15, 0.2) is 0 Å². The number of carbonyl (C=O) groups excluding carboxylic acids is 1. The summed E-state index contributed by atoms with van der Waals surface area (Å²) < 4.78 is 0. The Morgan fingerprint density at radius 1 is 0.947 bits per heavy atom. The molecule has 0 saturated heterocycles. The summed E-state index contributed by atoms with van der Waals surface area (Å²) >= 11 is 0. The van der Waals surface area contributed by atoms with E-state index in [0.29, 0.717) is 0 Å². The first-order valence-corrected chi connectivity index (χ1v) is 5.52. The Morgan fingerprint density at radius 3 is 1.79 bits per heavy atom. The lowest BCUT2D eigenvalue weighted by atomic mass is 10.1. The molecular weight excluding hydrogens is 260 g/mol. The highest BCUT2D eigenvalue weighted by Gasteiger charge is 2.23. The van der Waals surface area contributed by atoms with Crippen molar-refractivity contribution >= 4 is 23.9 Å². The fraction of sp³-hybridized carbons (Fsp3) is 0.600. The lowest BCUT2D eigenvalue weighted by molar-refractivity contribution is -0.140. The lowest BCUT2D eigenvalue weighted by Crippen LogP contribution is -2.51. The highest BCUT2D eigenvalue weighted by Crippen LogP contribution is 1.99. The molecule has 9 heteroatoms. The third kappa shape index (κ3) is 6.86. The van der Waals surface area contributed by atoms with Crippen LogP contribution in [0.5, 0.6) is 0 Å². The zero-order valence-corrected chi connectivity index (χ0v) is 10.3. The number of urea groups is 1. The average Bonchev–Trinajstić information content (AvgIpc) is 2.30. The minimum absolute atomic E-state index is 0.135. The van der Waals surface area contributed by atoms with Crippen LogP contribution in [0.1, 0.15) is 26.2 Å². The maximum atomic E-state index is 11.4. The molecule has 1 unspecified atom stereocenters. The number of carboxylic acid groups (broad SMARTS) is 3. The van der Waals surface area contributed by atoms with Gasteiger partial charge in [-0.3, -0.25) is 4.79 Å². The molecule has 9 nitrogen and oxygen atoms in total. The van der Waals surface area contributed by atoms with Crippen molar-refractivity contribution in [3.05, 3.63) is 0 Å². The van der Waals surface area contributed by atoms with Crippen LogP contribution < -0.4 is 10.6 Å². The Labute approximate surface area is 108 Å². The van der Waals surface area contributed by atoms with Gasteiger partial charge in [0.2, 0.25) is 0 Å². The van der Waals surface area contributed by atoms with Gasteiger partial charge >= 0.3 is 23.9 Å². The van der Waals surface area contributed by atoms with Crippen LogP contribution in [0.15, 0.2) is 0 Å². The number of aliphatic carboxylic acids is 3. The molecule has 19 heavy (non-hydrogen) atoms. The summed E-state index contributed by atoms with van der Waals surface area (Å²) in [6.07, 6.45) is -0.578. The van der Waals surface area contributed by atoms with Crippen molar-refractivity contribution in [2.45, 2.75) is 38.3 Å². The Balaban J connectivity index is 4.42. The van der Waals surface area contributed by atoms with Gasteiger partial charge in [-0.05, 0) is 12.8 Å². The lowest BCUT2D eigenvalue weighted by Gasteiger charge is -2.17. The van der Waals surface area contributed by atoms with Crippen LogP contribution in [0.2, 0.25) is 0 Å². The minimum Gasteiger partial charge on any atom is -0.481 e. The second-order valence-electron chi connectivity index (χ2n) is 3.74. The van der Waals surface area contributed by atoms with Gasteiger partial charge in [0.25, 0.3) is 0 Å². The van der Waals surface area contributed by atoms with E-state index in [4.69, 9.17) is 15.3 Å². The average molecular weight is 276 g/mol. The molecule has 0 radical (unpaired) electrons. The summed E-state index contributed by atoms with van der Waals surface area (Å²) in [7, 11) is 0. The van der Waals surface area contributed by atoms with E-state index in [9.17, 15) is 19.2 Å². The topological polar surface area (TPSA) is 153 Å². The van der Waals surface area contributed by atoms with Crippen molar-refractivity contribution in [1.29, 1.82) is 0 Å². The van der Waals surface area contributed by atoms with Gasteiger partial charge in [-0.2, -0.15) is 0 Å². The zero-order valence-electron chi connectivity index (χ0n) is 10.3. The van der Waals surface area contributed by atoms with E-state index < -0.39 is 42.4 Å². The van der Waals surface area contributed by atoms with E-state index in [1.54, 1.807) is 0 Å². The maximum Gasteiger partial charge on any atom is 0.326 e. The molecular formula is C10H16N2O7. The predicted molar refractivity (Wildman–Crippen MR) is 61.7 cm³/mol. The summed E-state index contributed by atoms with van der Waals surface area (Å²) in [5.74, 6) is -3.82. The molecule has 0 aliphatic heterocycles. The molecule has 2 amide bonds. The number of rotatable bonds is 8. The van der Waals surface area contributed by atoms with Gasteiger partial charge in [0.05, 0.1) is 0 Å². The normalized spacial score (nSPS) is 13.1. The first kappa shape index (κ1) is 16.7. The van der Waals surface area contributed by atoms with Crippen molar-refractivity contribution in [2.75, 3.05) is 0 Å². The maximum absolute atomic E-state index is 11.4. The van der Waals surface area contributed by atoms with Crippen LogP contribution >= 0.6 is 0 Å². The quantitative estimate of drug-likeness (QED) is 0.399. The van der Waals surface area contributed by atoms with Gasteiger partial charge in [0.1, 0.15) is 12.1 Å². The van der Waals surface area contributed by atoms with Crippen LogP contribution in [0.25, 0.3) is 0 Å². The zero-order chi connectivity index (χ0) is 15.0. The van der Waals surface area contributed by atoms with Crippen molar-refractivity contribution < 1.29 is 34.5 Å². The first-order valence-electron chi connectivity index (χ1n) is 5.52. The van der Waals surface area contributed by atoms with Crippen LogP contribution in [-0.4, -0.2) is 51.3 Å². The van der Waals surface area contributed by atoms with Crippen molar-refractivity contribution in [2.24, 2.45) is 0 Å². The molecule has 0 saturated carbocycles. The monoisotopic (exact) mass is 276 g/mol. The van der Waals surface area contributed by atoms with E-state index in [1.807, 2.05) is 5.32 Å². The molecule has 0 bridgehead atoms. The highest BCUT2D eigenvalue weighted by atomic mass is 16.4. The highest BCUT2D eigenvalue weighted by molar-refractivity contribution is 5.86. The third-order valence-electron chi connectivity index (χ3n) is 2.26. The molecule has 2 atom stereocenters. The van der Waals surface area contributed by atoms with Gasteiger partial charge in [-0.25, -0.2) is 14.4 Å². The van der Waals surface area contributed by atoms with Gasteiger partial charge < -0.3 is 26.0 Å². The number of carbonyl (C=O) groups is 4. The van der Waals surface area contributed by atoms with Gasteiger partial charge in [-0.1, -0.05) is 6.92 Å². The Bertz CT molecular complexity index is 369. The fourth-order valence-corrected chi connectivity index (χ4v) is 1.22. The minimum atomic E-state index is -1.39. The molecule has 0 aliphatic rings. The molecule has 5 N–H and O–H groups in total. The molecule has 0 aromatic heterocycles. The van der Waals surface area contributed by atoms with E-state index in [1.165, 1.54) is 6.92 Å². The third-order valence-corrected chi connectivity index (χ3v) is 2.26. The number of amides is 2. The largest absolute Gasteiger partial charge is 0.481 e. The van der Waals surface area contributed by atoms with E-state index in [-0.39, 0.29) is 12.8 Å². The van der Waals surface area contributed by atoms with Crippen LogP contribution in [0.4, 0.5) is 4.79 Å². The number of hydrogen-bond acceptors (Lipinski definition) is 4. The Hall–Kier alpha value is -2.32. The fourth-order valence-electron chi connectivity index (χ4n) is 1.22. The molecule has 0 fully saturated rings. The Kier molecular flexibility index (Phi) is 6.94. The summed E-state index contributed by atoms with van der Waals surface area (Å²) in [5, 5.41) is 30.0. The molecule has 0 rings (SSSR count). The summed E-state index contributed by atoms with van der Waals surface area (Å²) in [6.45, 7) is 1.54. The van der Waals surface area contributed by atoms with Crippen molar-refractivity contribution in [3.63, 3.8) is 0 Å². The second-order valence-corrected chi connectivity index (χ2v) is 3.74. The molecule has 0 spiro atoms. The van der Waals surface area contributed by atoms with Crippen LogP contribution in [0, 0.1) is 0 Å². The smallest absolute Gasteiger partial charge is 0.326 e. The molecule has 0 heterocycles. The van der Waals surface area contributed by atoms with Crippen LogP contribution in [-0.2, 0) is 14.4 Å². The number of carboxylic acids is 3. The summed E-state index contributed by atoms with van der Waals surface area (Å²) in [4.78, 5) is 43.2. The SMILES string of the molecule is CC[C@H](NC(=O)NC(CCC(=O)O)C(=O)O)C(=O)O. The number of nitrogens with one attached hydrogen (secondary N) is 2. The molecule has 0 aromatic rings. The van der Waals surface area contributed by atoms with E-state index in [2.05, 4.69) is 5.32 Å². The van der Waals surface area contributed by atoms with Crippen LogP contribution in [0.3, 0.4) is 0 Å². The number of hydrogen-bond donors (Lipinski definition) is 5. The molecule has 108 valence electrons. The summed E-state index contributed by atoms with van der Waals surface area (Å²) in [6, 6.07) is -3.48. The van der Waals surface area contributed by atoms with E-state index >= 15 is 0 Å². The van der Waals surface area contributed by atoms with E-state index in [0.717, 1.165) is 0 Å².